The summed E-state index contributed by atoms with van der Waals surface area (Å²) in [7, 11) is -2.91. The number of phenolic OH excluding ortho intramolecular Hbond substituents is 1. The zero-order valence-electron chi connectivity index (χ0n) is 13.4. The van der Waals surface area contributed by atoms with Crippen LogP contribution in [0.4, 0.5) is 5.69 Å². The van der Waals surface area contributed by atoms with Gasteiger partial charge in [0, 0.05) is 17.1 Å². The number of carbonyl (C=O) groups is 1. The van der Waals surface area contributed by atoms with Gasteiger partial charge in [0.15, 0.2) is 0 Å². The summed E-state index contributed by atoms with van der Waals surface area (Å²) in [5, 5.41) is 10.2. The van der Waals surface area contributed by atoms with Gasteiger partial charge in [-0.1, -0.05) is 0 Å². The van der Waals surface area contributed by atoms with Crippen LogP contribution in [-0.4, -0.2) is 26.6 Å². The topological polar surface area (TPSA) is 123 Å². The molecule has 0 fully saturated rings. The molecule has 0 amide bonds. The number of nitrogens with one attached hydrogen (secondary N) is 1. The normalized spacial score (nSPS) is 11.3. The molecular formula is C17H13NO7S. The highest BCUT2D eigenvalue weighted by Gasteiger charge is 2.20. The Kier molecular flexibility index (Phi) is 4.39. The molecule has 0 unspecified atom stereocenters. The number of methoxy groups -OCH3 is 1. The van der Waals surface area contributed by atoms with Gasteiger partial charge in [-0.2, -0.15) is 0 Å². The lowest BCUT2D eigenvalue weighted by Gasteiger charge is -2.10. The predicted molar refractivity (Wildman–Crippen MR) is 92.7 cm³/mol. The Morgan fingerprint density at radius 1 is 1.12 bits per heavy atom. The van der Waals surface area contributed by atoms with E-state index in [4.69, 9.17) is 4.42 Å². The first-order valence-corrected chi connectivity index (χ1v) is 8.76. The van der Waals surface area contributed by atoms with Crippen molar-refractivity contribution in [3.05, 3.63) is 64.5 Å². The third kappa shape index (κ3) is 3.38. The zero-order chi connectivity index (χ0) is 18.9. The number of sulfonamides is 1. The highest BCUT2D eigenvalue weighted by molar-refractivity contribution is 7.92. The number of phenols is 1. The van der Waals surface area contributed by atoms with E-state index >= 15 is 0 Å². The van der Waals surface area contributed by atoms with Gasteiger partial charge < -0.3 is 14.3 Å². The minimum absolute atomic E-state index is 0.226. The van der Waals surface area contributed by atoms with Gasteiger partial charge in [0.25, 0.3) is 10.0 Å². The molecule has 0 spiro atoms. The van der Waals surface area contributed by atoms with Gasteiger partial charge in [-0.15, -0.1) is 0 Å². The zero-order valence-corrected chi connectivity index (χ0v) is 14.2. The Hall–Kier alpha value is -3.33. The SMILES string of the molecule is COC(=O)c1cc(S(=O)(=O)Nc2ccc3oc(=O)ccc3c2)ccc1O. The molecule has 0 saturated heterocycles. The molecule has 2 N–H and O–H groups in total. The predicted octanol–water partition coefficient (Wildman–Crippen LogP) is 2.09. The van der Waals surface area contributed by atoms with Crippen LogP contribution in [-0.2, 0) is 14.8 Å². The van der Waals surface area contributed by atoms with Gasteiger partial charge in [0.1, 0.15) is 16.9 Å². The lowest BCUT2D eigenvalue weighted by molar-refractivity contribution is 0.0597. The van der Waals surface area contributed by atoms with Crippen LogP contribution in [0.3, 0.4) is 0 Å². The summed E-state index contributed by atoms with van der Waals surface area (Å²) in [6.45, 7) is 0. The molecule has 0 bridgehead atoms. The first-order valence-electron chi connectivity index (χ1n) is 7.28. The van der Waals surface area contributed by atoms with E-state index in [0.717, 1.165) is 25.3 Å². The second kappa shape index (κ2) is 6.52. The van der Waals surface area contributed by atoms with Crippen molar-refractivity contribution in [2.75, 3.05) is 11.8 Å². The number of esters is 1. The van der Waals surface area contributed by atoms with Crippen LogP contribution in [0.2, 0.25) is 0 Å². The number of ether oxygens (including phenoxy) is 1. The molecule has 0 radical (unpaired) electrons. The lowest BCUT2D eigenvalue weighted by Crippen LogP contribution is -2.14. The van der Waals surface area contributed by atoms with Gasteiger partial charge in [0.05, 0.1) is 12.0 Å². The maximum absolute atomic E-state index is 12.5. The monoisotopic (exact) mass is 375 g/mol. The number of hydrogen-bond donors (Lipinski definition) is 2. The molecule has 1 heterocycles. The van der Waals surface area contributed by atoms with Crippen molar-refractivity contribution in [1.82, 2.24) is 0 Å². The summed E-state index contributed by atoms with van der Waals surface area (Å²) in [6.07, 6.45) is 0. The number of anilines is 1. The molecule has 0 aliphatic heterocycles. The summed E-state index contributed by atoms with van der Waals surface area (Å²) < 4.78 is 37.0. The van der Waals surface area contributed by atoms with E-state index in [-0.39, 0.29) is 16.1 Å². The molecule has 134 valence electrons. The van der Waals surface area contributed by atoms with E-state index in [9.17, 15) is 23.1 Å². The maximum atomic E-state index is 12.5. The lowest BCUT2D eigenvalue weighted by atomic mass is 10.2. The van der Waals surface area contributed by atoms with Gasteiger partial charge in [-0.3, -0.25) is 4.72 Å². The third-order valence-corrected chi connectivity index (χ3v) is 4.93. The van der Waals surface area contributed by atoms with E-state index in [1.165, 1.54) is 30.3 Å². The van der Waals surface area contributed by atoms with Crippen molar-refractivity contribution in [3.63, 3.8) is 0 Å². The summed E-state index contributed by atoms with van der Waals surface area (Å²) in [5.41, 5.74) is -0.224. The molecule has 8 nitrogen and oxygen atoms in total. The van der Waals surface area contributed by atoms with Crippen LogP contribution in [0, 0.1) is 0 Å². The van der Waals surface area contributed by atoms with Crippen LogP contribution in [0.25, 0.3) is 11.0 Å². The average Bonchev–Trinajstić information content (AvgIpc) is 2.61. The highest BCUT2D eigenvalue weighted by atomic mass is 32.2. The minimum Gasteiger partial charge on any atom is -0.507 e. The molecule has 3 rings (SSSR count). The molecule has 0 saturated carbocycles. The highest BCUT2D eigenvalue weighted by Crippen LogP contribution is 2.25. The fourth-order valence-electron chi connectivity index (χ4n) is 2.31. The molecule has 0 aliphatic carbocycles. The van der Waals surface area contributed by atoms with Crippen LogP contribution >= 0.6 is 0 Å². The second-order valence-electron chi connectivity index (χ2n) is 5.28. The second-order valence-corrected chi connectivity index (χ2v) is 6.97. The molecule has 0 atom stereocenters. The molecule has 26 heavy (non-hydrogen) atoms. The van der Waals surface area contributed by atoms with Gasteiger partial charge in [-0.05, 0) is 42.5 Å². The van der Waals surface area contributed by atoms with E-state index < -0.39 is 27.4 Å². The first kappa shape index (κ1) is 17.5. The number of aromatic hydroxyl groups is 1. The molecule has 0 aliphatic rings. The molecule has 3 aromatic rings. The van der Waals surface area contributed by atoms with Gasteiger partial charge in [0.2, 0.25) is 0 Å². The Balaban J connectivity index is 1.97. The largest absolute Gasteiger partial charge is 0.507 e. The van der Waals surface area contributed by atoms with E-state index in [1.807, 2.05) is 0 Å². The Bertz CT molecular complexity index is 1170. The van der Waals surface area contributed by atoms with Crippen molar-refractivity contribution < 1.29 is 27.5 Å². The van der Waals surface area contributed by atoms with Gasteiger partial charge in [-0.25, -0.2) is 18.0 Å². The van der Waals surface area contributed by atoms with Crippen molar-refractivity contribution in [1.29, 1.82) is 0 Å². The van der Waals surface area contributed by atoms with E-state index in [1.54, 1.807) is 0 Å². The summed E-state index contributed by atoms with van der Waals surface area (Å²) in [5.74, 6) is -1.25. The summed E-state index contributed by atoms with van der Waals surface area (Å²) in [6, 6.07) is 10.4. The van der Waals surface area contributed by atoms with Crippen molar-refractivity contribution in [2.45, 2.75) is 4.90 Å². The number of fused-ring (bicyclic) bond motifs is 1. The van der Waals surface area contributed by atoms with Crippen LogP contribution < -0.4 is 10.3 Å². The Labute approximate surface area is 147 Å². The fourth-order valence-corrected chi connectivity index (χ4v) is 3.38. The third-order valence-electron chi connectivity index (χ3n) is 3.56. The van der Waals surface area contributed by atoms with E-state index in [2.05, 4.69) is 9.46 Å². The van der Waals surface area contributed by atoms with Crippen LogP contribution in [0.5, 0.6) is 5.75 Å². The molecule has 2 aromatic carbocycles. The van der Waals surface area contributed by atoms with E-state index in [0.29, 0.717) is 11.0 Å². The summed E-state index contributed by atoms with van der Waals surface area (Å²) >= 11 is 0. The number of benzene rings is 2. The van der Waals surface area contributed by atoms with Crippen LogP contribution in [0.1, 0.15) is 10.4 Å². The maximum Gasteiger partial charge on any atom is 0.341 e. The minimum atomic E-state index is -4.03. The number of rotatable bonds is 4. The first-order chi connectivity index (χ1) is 12.3. The van der Waals surface area contributed by atoms with Crippen molar-refractivity contribution in [3.8, 4) is 5.75 Å². The standard InChI is InChI=1S/C17H13NO7S/c1-24-17(21)13-9-12(4-5-14(13)19)26(22,23)18-11-3-6-15-10(8-11)2-7-16(20)25-15/h2-9,18-19H,1H3. The quantitative estimate of drug-likeness (QED) is 0.529. The Morgan fingerprint density at radius 2 is 1.88 bits per heavy atom. The summed E-state index contributed by atoms with van der Waals surface area (Å²) in [4.78, 5) is 22.6. The average molecular weight is 375 g/mol. The number of hydrogen-bond acceptors (Lipinski definition) is 7. The molecular weight excluding hydrogens is 362 g/mol. The molecule has 9 heteroatoms. The van der Waals surface area contributed by atoms with Crippen molar-refractivity contribution in [2.24, 2.45) is 0 Å². The Morgan fingerprint density at radius 3 is 2.62 bits per heavy atom. The van der Waals surface area contributed by atoms with Crippen molar-refractivity contribution >= 4 is 32.6 Å². The smallest absolute Gasteiger partial charge is 0.341 e. The van der Waals surface area contributed by atoms with Crippen LogP contribution in [0.15, 0.2) is 62.6 Å². The van der Waals surface area contributed by atoms with Gasteiger partial charge >= 0.3 is 11.6 Å². The molecule has 1 aromatic heterocycles. The fraction of sp³-hybridized carbons (Fsp3) is 0.0588. The number of carbonyl (C=O) groups excluding carboxylic acids is 1.